The second kappa shape index (κ2) is 8.20. The Morgan fingerprint density at radius 1 is 1.16 bits per heavy atom. The number of thiazole rings is 1. The number of benzene rings is 1. The van der Waals surface area contributed by atoms with Gasteiger partial charge in [0.1, 0.15) is 28.0 Å². The summed E-state index contributed by atoms with van der Waals surface area (Å²) in [5, 5.41) is 13.2. The van der Waals surface area contributed by atoms with Gasteiger partial charge in [0.05, 0.1) is 13.0 Å². The number of aromatic nitrogens is 1. The predicted octanol–water partition coefficient (Wildman–Crippen LogP) is 1.41. The highest BCUT2D eigenvalue weighted by Crippen LogP contribution is 2.31. The molecule has 1 aromatic heterocycles. The van der Waals surface area contributed by atoms with E-state index in [4.69, 9.17) is 4.74 Å². The Labute approximate surface area is 183 Å². The van der Waals surface area contributed by atoms with Gasteiger partial charge >= 0.3 is 0 Å². The number of ether oxygens (including phenoxy) is 1. The van der Waals surface area contributed by atoms with E-state index in [2.05, 4.69) is 31.5 Å². The summed E-state index contributed by atoms with van der Waals surface area (Å²) in [5.74, 6) is 0.818. The summed E-state index contributed by atoms with van der Waals surface area (Å²) in [7, 11) is 2.04. The molecule has 31 heavy (non-hydrogen) atoms. The summed E-state index contributed by atoms with van der Waals surface area (Å²) in [5.41, 5.74) is 2.81. The van der Waals surface area contributed by atoms with Crippen molar-refractivity contribution >= 4 is 34.7 Å². The van der Waals surface area contributed by atoms with Crippen LogP contribution in [-0.2, 0) is 11.2 Å². The van der Waals surface area contributed by atoms with Crippen molar-refractivity contribution in [1.82, 2.24) is 20.1 Å². The van der Waals surface area contributed by atoms with Crippen molar-refractivity contribution in [1.29, 1.82) is 0 Å². The highest BCUT2D eigenvalue weighted by molar-refractivity contribution is 7.13. The molecule has 0 unspecified atom stereocenters. The van der Waals surface area contributed by atoms with Gasteiger partial charge in [-0.3, -0.25) is 9.59 Å². The zero-order valence-electron chi connectivity index (χ0n) is 17.1. The van der Waals surface area contributed by atoms with Crippen LogP contribution in [0.5, 0.6) is 5.75 Å². The van der Waals surface area contributed by atoms with Crippen LogP contribution in [0, 0.1) is 0 Å². The van der Waals surface area contributed by atoms with Crippen LogP contribution in [-0.4, -0.2) is 78.0 Å². The topological polar surface area (TPSA) is 99.5 Å². The molecule has 0 aliphatic carbocycles. The summed E-state index contributed by atoms with van der Waals surface area (Å²) in [6.07, 6.45) is 1.11. The Hall–Kier alpha value is -3.11. The molecule has 5 rings (SSSR count). The fraction of sp³-hybridized carbons (Fsp3) is 0.381. The van der Waals surface area contributed by atoms with Crippen LogP contribution < -0.4 is 10.1 Å². The van der Waals surface area contributed by atoms with E-state index in [1.807, 2.05) is 19.2 Å². The molecule has 10 heteroatoms. The van der Waals surface area contributed by atoms with Gasteiger partial charge in [-0.2, -0.15) is 0 Å². The second-order valence-electron chi connectivity index (χ2n) is 7.78. The largest absolute Gasteiger partial charge is 0.493 e. The summed E-state index contributed by atoms with van der Waals surface area (Å²) < 4.78 is 5.54. The number of nitrogens with one attached hydrogen (secondary N) is 1. The standard InChI is InChI=1S/C21H22N6O3S/c1-26-5-7-27(8-6-26)21(29)15-11-18(25-24-15)23-19(28)16-12-31-20(22-16)14-2-3-17-13(10-14)4-9-30-17/h2-3,10,12H,4-9,11H2,1H3,(H,23,25,28). The van der Waals surface area contributed by atoms with E-state index in [-0.39, 0.29) is 18.2 Å². The molecule has 3 aliphatic heterocycles. The number of hydrogen-bond donors (Lipinski definition) is 1. The van der Waals surface area contributed by atoms with Gasteiger partial charge in [-0.15, -0.1) is 21.5 Å². The first-order valence-corrected chi connectivity index (χ1v) is 11.1. The first kappa shape index (κ1) is 19.8. The SMILES string of the molecule is CN1CCN(C(=O)C2=NN=C(NC(=O)c3csc(-c4ccc5c(c4)CCO5)n3)C2)CC1. The molecule has 1 fully saturated rings. The smallest absolute Gasteiger partial charge is 0.276 e. The number of fused-ring (bicyclic) bond motifs is 1. The van der Waals surface area contributed by atoms with E-state index >= 15 is 0 Å². The number of amides is 2. The molecular formula is C21H22N6O3S. The number of likely N-dealkylation sites (N-methyl/N-ethyl adjacent to an activating group) is 1. The quantitative estimate of drug-likeness (QED) is 0.781. The first-order valence-electron chi connectivity index (χ1n) is 10.2. The van der Waals surface area contributed by atoms with Crippen molar-refractivity contribution < 1.29 is 14.3 Å². The molecule has 9 nitrogen and oxygen atoms in total. The van der Waals surface area contributed by atoms with Crippen molar-refractivity contribution in [3.05, 3.63) is 34.8 Å². The number of piperazine rings is 1. The number of hydrogen-bond acceptors (Lipinski definition) is 8. The fourth-order valence-electron chi connectivity index (χ4n) is 3.75. The maximum Gasteiger partial charge on any atom is 0.276 e. The lowest BCUT2D eigenvalue weighted by Crippen LogP contribution is -2.49. The maximum atomic E-state index is 12.6. The third kappa shape index (κ3) is 4.08. The average molecular weight is 439 g/mol. The Morgan fingerprint density at radius 3 is 2.84 bits per heavy atom. The first-order chi connectivity index (χ1) is 15.1. The Kier molecular flexibility index (Phi) is 5.24. The van der Waals surface area contributed by atoms with E-state index in [1.54, 1.807) is 10.3 Å². The Balaban J connectivity index is 1.19. The monoisotopic (exact) mass is 438 g/mol. The summed E-state index contributed by atoms with van der Waals surface area (Å²) >= 11 is 1.41. The number of carbonyl (C=O) groups is 2. The van der Waals surface area contributed by atoms with Crippen molar-refractivity contribution in [2.45, 2.75) is 12.8 Å². The van der Waals surface area contributed by atoms with Gasteiger partial charge in [-0.05, 0) is 30.8 Å². The van der Waals surface area contributed by atoms with Crippen molar-refractivity contribution in [3.63, 3.8) is 0 Å². The predicted molar refractivity (Wildman–Crippen MR) is 118 cm³/mol. The Bertz CT molecular complexity index is 1100. The zero-order valence-corrected chi connectivity index (χ0v) is 17.9. The number of rotatable bonds is 3. The van der Waals surface area contributed by atoms with Gasteiger partial charge in [0.15, 0.2) is 0 Å². The van der Waals surface area contributed by atoms with E-state index in [1.165, 1.54) is 11.3 Å². The van der Waals surface area contributed by atoms with Crippen LogP contribution >= 0.6 is 11.3 Å². The molecule has 0 radical (unpaired) electrons. The normalized spacial score (nSPS) is 18.3. The number of nitrogens with zero attached hydrogens (tertiary/aromatic N) is 5. The van der Waals surface area contributed by atoms with Crippen molar-refractivity contribution in [2.75, 3.05) is 39.8 Å². The summed E-state index contributed by atoms with van der Waals surface area (Å²) in [4.78, 5) is 33.7. The molecule has 1 aromatic carbocycles. The van der Waals surface area contributed by atoms with Crippen molar-refractivity contribution in [2.24, 2.45) is 10.2 Å². The molecule has 0 spiro atoms. The Morgan fingerprint density at radius 2 is 2.00 bits per heavy atom. The molecule has 0 atom stereocenters. The molecule has 0 bridgehead atoms. The zero-order chi connectivity index (χ0) is 21.4. The van der Waals surface area contributed by atoms with Crippen LogP contribution in [0.4, 0.5) is 0 Å². The highest BCUT2D eigenvalue weighted by Gasteiger charge is 2.28. The van der Waals surface area contributed by atoms with Crippen LogP contribution in [0.15, 0.2) is 33.8 Å². The third-order valence-corrected chi connectivity index (χ3v) is 6.49. The maximum absolute atomic E-state index is 12.6. The van der Waals surface area contributed by atoms with Crippen LogP contribution in [0.1, 0.15) is 22.5 Å². The van der Waals surface area contributed by atoms with Gasteiger partial charge in [-0.1, -0.05) is 0 Å². The molecule has 3 aliphatic rings. The minimum absolute atomic E-state index is 0.113. The minimum atomic E-state index is -0.353. The lowest BCUT2D eigenvalue weighted by Gasteiger charge is -2.32. The molecule has 4 heterocycles. The fourth-order valence-corrected chi connectivity index (χ4v) is 4.55. The van der Waals surface area contributed by atoms with E-state index in [0.29, 0.717) is 36.9 Å². The van der Waals surface area contributed by atoms with E-state index in [0.717, 1.165) is 41.4 Å². The molecular weight excluding hydrogens is 416 g/mol. The van der Waals surface area contributed by atoms with Crippen LogP contribution in [0.25, 0.3) is 10.6 Å². The second-order valence-corrected chi connectivity index (χ2v) is 8.64. The molecule has 0 saturated carbocycles. The lowest BCUT2D eigenvalue weighted by molar-refractivity contribution is -0.125. The van der Waals surface area contributed by atoms with Gasteiger partial charge in [0.2, 0.25) is 0 Å². The van der Waals surface area contributed by atoms with Crippen LogP contribution in [0.2, 0.25) is 0 Å². The van der Waals surface area contributed by atoms with Crippen LogP contribution in [0.3, 0.4) is 0 Å². The number of amidine groups is 1. The van der Waals surface area contributed by atoms with Gasteiger partial charge in [0.25, 0.3) is 11.8 Å². The number of carbonyl (C=O) groups excluding carboxylic acids is 2. The minimum Gasteiger partial charge on any atom is -0.493 e. The molecule has 1 saturated heterocycles. The molecule has 2 amide bonds. The lowest BCUT2D eigenvalue weighted by atomic mass is 10.1. The summed E-state index contributed by atoms with van der Waals surface area (Å²) in [6.45, 7) is 3.73. The van der Waals surface area contributed by atoms with E-state index < -0.39 is 0 Å². The highest BCUT2D eigenvalue weighted by atomic mass is 32.1. The van der Waals surface area contributed by atoms with Gasteiger partial charge < -0.3 is 19.9 Å². The van der Waals surface area contributed by atoms with Gasteiger partial charge in [-0.25, -0.2) is 4.98 Å². The molecule has 1 N–H and O–H groups in total. The van der Waals surface area contributed by atoms with Gasteiger partial charge in [0, 0.05) is 43.5 Å². The molecule has 160 valence electrons. The van der Waals surface area contributed by atoms with Crippen molar-refractivity contribution in [3.8, 4) is 16.3 Å². The molecule has 2 aromatic rings. The summed E-state index contributed by atoms with van der Waals surface area (Å²) in [6, 6.07) is 5.96. The third-order valence-electron chi connectivity index (χ3n) is 5.59. The average Bonchev–Trinajstić information content (AvgIpc) is 3.53. The van der Waals surface area contributed by atoms with E-state index in [9.17, 15) is 9.59 Å².